The van der Waals surface area contributed by atoms with Crippen molar-refractivity contribution in [3.8, 4) is 0 Å². The van der Waals surface area contributed by atoms with Gasteiger partial charge in [0.15, 0.2) is 0 Å². The lowest BCUT2D eigenvalue weighted by atomic mass is 9.85. The molecule has 2 aromatic heterocycles. The first-order chi connectivity index (χ1) is 15.4. The SMILES string of the molecule is CCCC[C@]1(c2ccc(F)cc2)NC(=O)N(Cc2nc3sc4c(c3c(=O)[nH]2)CCC4)C1=O. The van der Waals surface area contributed by atoms with E-state index in [9.17, 15) is 18.8 Å². The summed E-state index contributed by atoms with van der Waals surface area (Å²) in [6.45, 7) is 1.87. The average Bonchev–Trinajstić information content (AvgIpc) is 3.41. The molecule has 1 fully saturated rings. The van der Waals surface area contributed by atoms with Crippen LogP contribution in [0.3, 0.4) is 0 Å². The van der Waals surface area contributed by atoms with Gasteiger partial charge in [0.2, 0.25) is 0 Å². The van der Waals surface area contributed by atoms with Crippen molar-refractivity contribution in [2.45, 2.75) is 57.5 Å². The number of nitrogens with zero attached hydrogens (tertiary/aromatic N) is 2. The number of aryl methyl sites for hydroxylation is 2. The van der Waals surface area contributed by atoms with E-state index in [4.69, 9.17) is 0 Å². The van der Waals surface area contributed by atoms with Gasteiger partial charge in [-0.2, -0.15) is 0 Å². The highest BCUT2D eigenvalue weighted by atomic mass is 32.1. The van der Waals surface area contributed by atoms with Crippen molar-refractivity contribution in [1.82, 2.24) is 20.2 Å². The number of hydrogen-bond acceptors (Lipinski definition) is 5. The van der Waals surface area contributed by atoms with Gasteiger partial charge in [0.1, 0.15) is 22.0 Å². The highest BCUT2D eigenvalue weighted by Crippen LogP contribution is 2.36. The van der Waals surface area contributed by atoms with E-state index in [1.165, 1.54) is 40.5 Å². The molecule has 0 bridgehead atoms. The minimum Gasteiger partial charge on any atom is -0.319 e. The summed E-state index contributed by atoms with van der Waals surface area (Å²) in [5, 5.41) is 3.47. The quantitative estimate of drug-likeness (QED) is 0.555. The van der Waals surface area contributed by atoms with Gasteiger partial charge in [-0.1, -0.05) is 31.9 Å². The molecule has 2 N–H and O–H groups in total. The maximum atomic E-state index is 13.5. The summed E-state index contributed by atoms with van der Waals surface area (Å²) in [5.41, 5.74) is 0.136. The van der Waals surface area contributed by atoms with Crippen molar-refractivity contribution < 1.29 is 14.0 Å². The minimum atomic E-state index is -1.25. The number of thiophene rings is 1. The number of carbonyl (C=O) groups is 2. The van der Waals surface area contributed by atoms with E-state index in [0.717, 1.165) is 36.1 Å². The number of benzene rings is 1. The summed E-state index contributed by atoms with van der Waals surface area (Å²) in [5.74, 6) is -0.554. The third-order valence-corrected chi connectivity index (χ3v) is 7.54. The number of halogens is 1. The number of nitrogens with one attached hydrogen (secondary N) is 2. The van der Waals surface area contributed by atoms with Crippen molar-refractivity contribution in [2.24, 2.45) is 0 Å². The second-order valence-corrected chi connectivity index (χ2v) is 9.47. The molecule has 32 heavy (non-hydrogen) atoms. The highest BCUT2D eigenvalue weighted by molar-refractivity contribution is 7.18. The van der Waals surface area contributed by atoms with E-state index in [1.807, 2.05) is 6.92 Å². The molecular weight excluding hydrogens is 431 g/mol. The number of hydrogen-bond donors (Lipinski definition) is 2. The first-order valence-corrected chi connectivity index (χ1v) is 11.7. The molecule has 1 atom stereocenters. The van der Waals surface area contributed by atoms with Gasteiger partial charge < -0.3 is 10.3 Å². The summed E-state index contributed by atoms with van der Waals surface area (Å²) < 4.78 is 13.5. The van der Waals surface area contributed by atoms with Gasteiger partial charge in [0.05, 0.1) is 11.9 Å². The molecule has 5 rings (SSSR count). The zero-order chi connectivity index (χ0) is 22.5. The van der Waals surface area contributed by atoms with Gasteiger partial charge in [-0.15, -0.1) is 11.3 Å². The minimum absolute atomic E-state index is 0.131. The summed E-state index contributed by atoms with van der Waals surface area (Å²) in [4.78, 5) is 49.4. The fourth-order valence-electron chi connectivity index (χ4n) is 4.73. The lowest BCUT2D eigenvalue weighted by Crippen LogP contribution is -2.44. The molecule has 1 aliphatic heterocycles. The Hall–Kier alpha value is -3.07. The number of amides is 3. The Morgan fingerprint density at radius 2 is 1.97 bits per heavy atom. The van der Waals surface area contributed by atoms with Crippen LogP contribution in [0, 0.1) is 5.82 Å². The van der Waals surface area contributed by atoms with Crippen LogP contribution >= 0.6 is 11.3 Å². The molecule has 0 spiro atoms. The van der Waals surface area contributed by atoms with Crippen molar-refractivity contribution in [3.63, 3.8) is 0 Å². The number of aromatic nitrogens is 2. The van der Waals surface area contributed by atoms with Crippen LogP contribution in [0.5, 0.6) is 0 Å². The maximum Gasteiger partial charge on any atom is 0.325 e. The van der Waals surface area contributed by atoms with Crippen molar-refractivity contribution in [1.29, 1.82) is 0 Å². The number of imide groups is 1. The van der Waals surface area contributed by atoms with E-state index in [0.29, 0.717) is 28.6 Å². The van der Waals surface area contributed by atoms with Crippen LogP contribution in [0.4, 0.5) is 9.18 Å². The van der Waals surface area contributed by atoms with Crippen LogP contribution in [0.15, 0.2) is 29.1 Å². The standard InChI is InChI=1S/C23H23FN4O3S/c1-2-3-11-23(13-7-9-14(24)10-8-13)21(30)28(22(31)27-23)12-17-25-19(29)18-15-5-4-6-16(15)32-20(18)26-17/h7-10H,2-6,11-12H2,1H3,(H,27,31)(H,25,26,29)/t23-/m1/s1. The average molecular weight is 455 g/mol. The third kappa shape index (κ3) is 3.23. The number of H-pyrrole nitrogens is 1. The normalized spacial score (nSPS) is 20.2. The molecule has 0 unspecified atom stereocenters. The van der Waals surface area contributed by atoms with Crippen molar-refractivity contribution in [3.05, 3.63) is 62.3 Å². The predicted molar refractivity (Wildman–Crippen MR) is 119 cm³/mol. The molecule has 1 aromatic carbocycles. The number of rotatable bonds is 6. The lowest BCUT2D eigenvalue weighted by Gasteiger charge is -2.27. The Labute approximate surface area is 187 Å². The Bertz CT molecular complexity index is 1280. The zero-order valence-electron chi connectivity index (χ0n) is 17.7. The Balaban J connectivity index is 1.49. The molecule has 1 saturated heterocycles. The van der Waals surface area contributed by atoms with E-state index >= 15 is 0 Å². The number of urea groups is 1. The van der Waals surface area contributed by atoms with Gasteiger partial charge in [-0.3, -0.25) is 14.5 Å². The second-order valence-electron chi connectivity index (χ2n) is 8.39. The largest absolute Gasteiger partial charge is 0.325 e. The van der Waals surface area contributed by atoms with Gasteiger partial charge in [-0.05, 0) is 48.9 Å². The van der Waals surface area contributed by atoms with Crippen LogP contribution in [0.1, 0.15) is 54.4 Å². The van der Waals surface area contributed by atoms with Crippen molar-refractivity contribution >= 4 is 33.5 Å². The summed E-state index contributed by atoms with van der Waals surface area (Å²) in [6.07, 6.45) is 4.82. The molecular formula is C23H23FN4O3S. The van der Waals surface area contributed by atoms with Gasteiger partial charge >= 0.3 is 6.03 Å². The molecule has 3 heterocycles. The molecule has 7 nitrogen and oxygen atoms in total. The van der Waals surface area contributed by atoms with Crippen LogP contribution in [-0.2, 0) is 29.7 Å². The van der Waals surface area contributed by atoms with Crippen LogP contribution in [-0.4, -0.2) is 26.8 Å². The fraction of sp³-hybridized carbons (Fsp3) is 0.391. The predicted octanol–water partition coefficient (Wildman–Crippen LogP) is 3.75. The Morgan fingerprint density at radius 3 is 2.72 bits per heavy atom. The zero-order valence-corrected chi connectivity index (χ0v) is 18.5. The maximum absolute atomic E-state index is 13.5. The summed E-state index contributed by atoms with van der Waals surface area (Å²) in [6, 6.07) is 5.09. The molecule has 2 aliphatic rings. The van der Waals surface area contributed by atoms with E-state index in [2.05, 4.69) is 15.3 Å². The van der Waals surface area contributed by atoms with Crippen LogP contribution in [0.2, 0.25) is 0 Å². The van der Waals surface area contributed by atoms with E-state index in [-0.39, 0.29) is 17.9 Å². The molecule has 3 aromatic rings. The smallest absolute Gasteiger partial charge is 0.319 e. The second kappa shape index (κ2) is 7.81. The molecule has 166 valence electrons. The van der Waals surface area contributed by atoms with Crippen LogP contribution < -0.4 is 10.9 Å². The first kappa shape index (κ1) is 20.8. The van der Waals surface area contributed by atoms with E-state index in [1.54, 1.807) is 0 Å². The summed E-state index contributed by atoms with van der Waals surface area (Å²) >= 11 is 1.51. The van der Waals surface area contributed by atoms with Gasteiger partial charge in [0.25, 0.3) is 11.5 Å². The Kier molecular flexibility index (Phi) is 5.08. The monoisotopic (exact) mass is 454 g/mol. The van der Waals surface area contributed by atoms with Crippen LogP contribution in [0.25, 0.3) is 10.2 Å². The Morgan fingerprint density at radius 1 is 1.19 bits per heavy atom. The molecule has 1 aliphatic carbocycles. The number of aromatic amines is 1. The number of fused-ring (bicyclic) bond motifs is 3. The van der Waals surface area contributed by atoms with Gasteiger partial charge in [0, 0.05) is 4.88 Å². The van der Waals surface area contributed by atoms with Gasteiger partial charge in [-0.25, -0.2) is 14.2 Å². The number of carbonyl (C=O) groups excluding carboxylic acids is 2. The first-order valence-electron chi connectivity index (χ1n) is 10.9. The fourth-order valence-corrected chi connectivity index (χ4v) is 6.01. The molecule has 0 saturated carbocycles. The third-order valence-electron chi connectivity index (χ3n) is 6.35. The molecule has 3 amide bonds. The topological polar surface area (TPSA) is 95.2 Å². The molecule has 0 radical (unpaired) electrons. The summed E-state index contributed by atoms with van der Waals surface area (Å²) in [7, 11) is 0. The molecule has 9 heteroatoms. The lowest BCUT2D eigenvalue weighted by molar-refractivity contribution is -0.132. The van der Waals surface area contributed by atoms with E-state index < -0.39 is 23.3 Å². The number of unbranched alkanes of at least 4 members (excludes halogenated alkanes) is 1. The van der Waals surface area contributed by atoms with Crippen molar-refractivity contribution in [2.75, 3.05) is 0 Å². The highest BCUT2D eigenvalue weighted by Gasteiger charge is 2.52.